The van der Waals surface area contributed by atoms with E-state index in [1.165, 1.54) is 0 Å². The van der Waals surface area contributed by atoms with Crippen molar-refractivity contribution in [3.8, 4) is 0 Å². The number of nitro groups is 1. The molecule has 3 N–H and O–H groups in total. The Morgan fingerprint density at radius 1 is 1.43 bits per heavy atom. The number of nitro benzene ring substituents is 1. The molecule has 0 heterocycles. The molecule has 0 aliphatic heterocycles. The van der Waals surface area contributed by atoms with E-state index in [9.17, 15) is 25.1 Å². The summed E-state index contributed by atoms with van der Waals surface area (Å²) in [5, 5.41) is 32.4. The zero-order chi connectivity index (χ0) is 16.2. The van der Waals surface area contributed by atoms with Crippen molar-refractivity contribution >= 4 is 28.9 Å². The third kappa shape index (κ3) is 3.62. The van der Waals surface area contributed by atoms with Gasteiger partial charge in [-0.1, -0.05) is 25.4 Å². The topological polar surface area (TPSA) is 113 Å². The van der Waals surface area contributed by atoms with Crippen LogP contribution in [0.3, 0.4) is 0 Å². The highest BCUT2D eigenvalue weighted by Gasteiger charge is 2.29. The maximum atomic E-state index is 11.3. The predicted molar refractivity (Wildman–Crippen MR) is 79.1 cm³/mol. The molecule has 0 unspecified atom stereocenters. The lowest BCUT2D eigenvalue weighted by molar-refractivity contribution is -0.384. The van der Waals surface area contributed by atoms with Crippen LogP contribution in [-0.4, -0.2) is 33.3 Å². The summed E-state index contributed by atoms with van der Waals surface area (Å²) in [6.07, 6.45) is 1.07. The molecule has 116 valence electrons. The van der Waals surface area contributed by atoms with Crippen LogP contribution in [0.4, 0.5) is 11.4 Å². The molecule has 21 heavy (non-hydrogen) atoms. The third-order valence-corrected chi connectivity index (χ3v) is 3.86. The van der Waals surface area contributed by atoms with Crippen LogP contribution in [-0.2, 0) is 0 Å². The van der Waals surface area contributed by atoms with Crippen molar-refractivity contribution in [2.45, 2.75) is 32.2 Å². The summed E-state index contributed by atoms with van der Waals surface area (Å²) in [4.78, 5) is 21.4. The van der Waals surface area contributed by atoms with E-state index in [4.69, 9.17) is 11.6 Å². The lowest BCUT2D eigenvalue weighted by Gasteiger charge is -2.32. The molecule has 0 aliphatic rings. The van der Waals surface area contributed by atoms with Crippen LogP contribution in [0.5, 0.6) is 0 Å². The second kappa shape index (κ2) is 6.73. The monoisotopic (exact) mass is 316 g/mol. The van der Waals surface area contributed by atoms with E-state index in [1.54, 1.807) is 0 Å². The Morgan fingerprint density at radius 3 is 2.38 bits per heavy atom. The van der Waals surface area contributed by atoms with Gasteiger partial charge in [0.25, 0.3) is 5.69 Å². The summed E-state index contributed by atoms with van der Waals surface area (Å²) in [6, 6.07) is 2.04. The Morgan fingerprint density at radius 2 is 2.00 bits per heavy atom. The minimum absolute atomic E-state index is 0.0682. The van der Waals surface area contributed by atoms with Crippen molar-refractivity contribution in [2.75, 3.05) is 11.9 Å². The molecule has 0 atom stereocenters. The lowest BCUT2D eigenvalue weighted by atomic mass is 9.93. The molecule has 8 heteroatoms. The summed E-state index contributed by atoms with van der Waals surface area (Å²) in [6.45, 7) is 3.46. The van der Waals surface area contributed by atoms with Crippen molar-refractivity contribution in [3.63, 3.8) is 0 Å². The molecular formula is C13H17ClN2O5. The summed E-state index contributed by atoms with van der Waals surface area (Å²) in [5.74, 6) is -1.33. The van der Waals surface area contributed by atoms with Crippen molar-refractivity contribution in [2.24, 2.45) is 0 Å². The number of benzene rings is 1. The van der Waals surface area contributed by atoms with Gasteiger partial charge in [0.1, 0.15) is 0 Å². The maximum Gasteiger partial charge on any atom is 0.338 e. The molecule has 0 fully saturated rings. The maximum absolute atomic E-state index is 11.3. The normalized spacial score (nSPS) is 11.2. The first-order chi connectivity index (χ1) is 9.80. The van der Waals surface area contributed by atoms with Crippen molar-refractivity contribution in [3.05, 3.63) is 32.8 Å². The highest BCUT2D eigenvalue weighted by molar-refractivity contribution is 6.34. The van der Waals surface area contributed by atoms with Gasteiger partial charge in [0.15, 0.2) is 0 Å². The zero-order valence-corrected chi connectivity index (χ0v) is 12.5. The Hall–Kier alpha value is -1.86. The fraction of sp³-hybridized carbons (Fsp3) is 0.462. The molecule has 0 radical (unpaired) electrons. The van der Waals surface area contributed by atoms with Crippen molar-refractivity contribution in [1.29, 1.82) is 0 Å². The van der Waals surface area contributed by atoms with Crippen LogP contribution in [0.15, 0.2) is 12.1 Å². The second-order valence-electron chi connectivity index (χ2n) is 4.68. The smallest absolute Gasteiger partial charge is 0.338 e. The molecular weight excluding hydrogens is 300 g/mol. The number of halogens is 1. The van der Waals surface area contributed by atoms with Gasteiger partial charge in [-0.15, -0.1) is 0 Å². The van der Waals surface area contributed by atoms with Gasteiger partial charge in [-0.25, -0.2) is 4.79 Å². The minimum atomic E-state index is -1.33. The highest BCUT2D eigenvalue weighted by atomic mass is 35.5. The van der Waals surface area contributed by atoms with Gasteiger partial charge < -0.3 is 15.5 Å². The number of rotatable bonds is 7. The summed E-state index contributed by atoms with van der Waals surface area (Å²) >= 11 is 5.99. The summed E-state index contributed by atoms with van der Waals surface area (Å²) in [7, 11) is 0. The van der Waals surface area contributed by atoms with E-state index in [0.29, 0.717) is 12.8 Å². The Bertz CT molecular complexity index is 549. The molecule has 1 aromatic rings. The fourth-order valence-corrected chi connectivity index (χ4v) is 2.21. The predicted octanol–water partition coefficient (Wildman–Crippen LogP) is 2.91. The van der Waals surface area contributed by atoms with Gasteiger partial charge in [0.05, 0.1) is 33.3 Å². The van der Waals surface area contributed by atoms with Gasteiger partial charge in [-0.05, 0) is 12.8 Å². The first-order valence-electron chi connectivity index (χ1n) is 6.40. The number of hydrogen-bond acceptors (Lipinski definition) is 5. The minimum Gasteiger partial charge on any atom is -0.478 e. The second-order valence-corrected chi connectivity index (χ2v) is 5.09. The van der Waals surface area contributed by atoms with E-state index in [0.717, 1.165) is 12.1 Å². The van der Waals surface area contributed by atoms with E-state index in [1.807, 2.05) is 13.8 Å². The number of aromatic carboxylic acids is 1. The molecule has 0 bridgehead atoms. The zero-order valence-electron chi connectivity index (χ0n) is 11.7. The molecule has 0 aliphatic carbocycles. The molecule has 7 nitrogen and oxygen atoms in total. The van der Waals surface area contributed by atoms with Gasteiger partial charge in [0, 0.05) is 12.1 Å². The molecule has 0 aromatic heterocycles. The number of aliphatic hydroxyl groups excluding tert-OH is 1. The molecule has 0 saturated carbocycles. The van der Waals surface area contributed by atoms with E-state index in [-0.39, 0.29) is 22.9 Å². The Balaban J connectivity index is 3.41. The SMILES string of the molecule is CCC(CC)(CO)Nc1c(Cl)cc([N+](=O)[O-])cc1C(=O)O. The van der Waals surface area contributed by atoms with Gasteiger partial charge in [0.2, 0.25) is 0 Å². The fourth-order valence-electron chi connectivity index (χ4n) is 1.95. The largest absolute Gasteiger partial charge is 0.478 e. The number of nitrogens with one attached hydrogen (secondary N) is 1. The van der Waals surface area contributed by atoms with Crippen molar-refractivity contribution < 1.29 is 19.9 Å². The van der Waals surface area contributed by atoms with Gasteiger partial charge >= 0.3 is 5.97 Å². The van der Waals surface area contributed by atoms with Gasteiger partial charge in [-0.2, -0.15) is 0 Å². The molecule has 0 saturated heterocycles. The van der Waals surface area contributed by atoms with Crippen LogP contribution in [0.25, 0.3) is 0 Å². The first kappa shape index (κ1) is 17.2. The van der Waals surface area contributed by atoms with Crippen LogP contribution < -0.4 is 5.32 Å². The molecule has 0 spiro atoms. The third-order valence-electron chi connectivity index (χ3n) is 3.56. The summed E-state index contributed by atoms with van der Waals surface area (Å²) < 4.78 is 0. The van der Waals surface area contributed by atoms with Crippen molar-refractivity contribution in [1.82, 2.24) is 0 Å². The molecule has 1 aromatic carbocycles. The number of non-ortho nitro benzene ring substituents is 1. The standard InChI is InChI=1S/C13H17ClN2O5/c1-3-13(4-2,7-17)15-11-9(12(18)19)5-8(16(20)21)6-10(11)14/h5-6,15,17H,3-4,7H2,1-2H3,(H,18,19). The van der Waals surface area contributed by atoms with Gasteiger partial charge in [-0.3, -0.25) is 10.1 Å². The van der Waals surface area contributed by atoms with E-state index < -0.39 is 22.1 Å². The number of carboxylic acids is 1. The average molecular weight is 317 g/mol. The first-order valence-corrected chi connectivity index (χ1v) is 6.78. The lowest BCUT2D eigenvalue weighted by Crippen LogP contribution is -2.41. The number of carbonyl (C=O) groups is 1. The van der Waals surface area contributed by atoms with Crippen LogP contribution in [0.2, 0.25) is 5.02 Å². The quantitative estimate of drug-likeness (QED) is 0.526. The van der Waals surface area contributed by atoms with E-state index >= 15 is 0 Å². The number of carboxylic acid groups (broad SMARTS) is 1. The molecule has 0 amide bonds. The number of aliphatic hydroxyl groups is 1. The number of hydrogen-bond donors (Lipinski definition) is 3. The number of nitrogens with zero attached hydrogens (tertiary/aromatic N) is 1. The Kier molecular flexibility index (Phi) is 5.51. The summed E-state index contributed by atoms with van der Waals surface area (Å²) in [5.41, 5.74) is -1.35. The van der Waals surface area contributed by atoms with Crippen LogP contribution in [0.1, 0.15) is 37.0 Å². The average Bonchev–Trinajstić information content (AvgIpc) is 2.45. The Labute approximate surface area is 126 Å². The molecule has 1 rings (SSSR count). The van der Waals surface area contributed by atoms with Crippen LogP contribution >= 0.6 is 11.6 Å². The van der Waals surface area contributed by atoms with Crippen LogP contribution in [0, 0.1) is 10.1 Å². The highest BCUT2D eigenvalue weighted by Crippen LogP contribution is 2.34. The number of anilines is 1. The van der Waals surface area contributed by atoms with E-state index in [2.05, 4.69) is 5.32 Å².